The molecule has 4 heteroatoms. The van der Waals surface area contributed by atoms with Crippen LogP contribution in [0.3, 0.4) is 0 Å². The summed E-state index contributed by atoms with van der Waals surface area (Å²) in [5.74, 6) is -0.0292. The molecule has 1 aromatic rings. The predicted octanol–water partition coefficient (Wildman–Crippen LogP) is 2.46. The van der Waals surface area contributed by atoms with Gasteiger partial charge >= 0.3 is 0 Å². The van der Waals surface area contributed by atoms with E-state index < -0.39 is 0 Å². The summed E-state index contributed by atoms with van der Waals surface area (Å²) in [6.07, 6.45) is 0.307. The van der Waals surface area contributed by atoms with E-state index in [1.165, 1.54) is 0 Å². The van der Waals surface area contributed by atoms with Gasteiger partial charge in [0, 0.05) is 23.7 Å². The summed E-state index contributed by atoms with van der Waals surface area (Å²) in [6.45, 7) is 5.94. The van der Waals surface area contributed by atoms with Gasteiger partial charge in [0.2, 0.25) is 0 Å². The van der Waals surface area contributed by atoms with Crippen molar-refractivity contribution in [3.8, 4) is 11.8 Å². The first-order chi connectivity index (χ1) is 8.49. The number of aromatic hydroxyl groups is 1. The second-order valence-corrected chi connectivity index (χ2v) is 4.45. The van der Waals surface area contributed by atoms with Crippen molar-refractivity contribution in [2.45, 2.75) is 33.2 Å². The summed E-state index contributed by atoms with van der Waals surface area (Å²) in [5.41, 5.74) is 1.06. The number of rotatable bonds is 4. The highest BCUT2D eigenvalue weighted by Gasteiger charge is 2.20. The average molecular weight is 246 g/mol. The molecule has 96 valence electrons. The van der Waals surface area contributed by atoms with Crippen LogP contribution in [-0.4, -0.2) is 28.5 Å². The second-order valence-electron chi connectivity index (χ2n) is 4.45. The van der Waals surface area contributed by atoms with Gasteiger partial charge in [-0.05, 0) is 32.9 Å². The van der Waals surface area contributed by atoms with E-state index in [2.05, 4.69) is 0 Å². The fourth-order valence-electron chi connectivity index (χ4n) is 1.77. The number of hydrogen-bond donors (Lipinski definition) is 1. The van der Waals surface area contributed by atoms with E-state index in [1.807, 2.05) is 19.9 Å². The van der Waals surface area contributed by atoms with E-state index in [0.29, 0.717) is 24.1 Å². The fraction of sp³-hybridized carbons (Fsp3) is 0.429. The van der Waals surface area contributed by atoms with E-state index in [-0.39, 0.29) is 17.7 Å². The van der Waals surface area contributed by atoms with Crippen molar-refractivity contribution in [3.05, 3.63) is 29.3 Å². The third kappa shape index (κ3) is 3.01. The van der Waals surface area contributed by atoms with Crippen LogP contribution in [0.1, 0.15) is 36.2 Å². The topological polar surface area (TPSA) is 64.3 Å². The number of carbonyl (C=O) groups excluding carboxylic acids is 1. The molecule has 0 fully saturated rings. The van der Waals surface area contributed by atoms with Crippen molar-refractivity contribution in [1.29, 1.82) is 5.26 Å². The zero-order chi connectivity index (χ0) is 13.7. The Bertz CT molecular complexity index is 475. The highest BCUT2D eigenvalue weighted by atomic mass is 16.3. The van der Waals surface area contributed by atoms with E-state index >= 15 is 0 Å². The first-order valence-electron chi connectivity index (χ1n) is 5.95. The zero-order valence-electron chi connectivity index (χ0n) is 11.0. The maximum Gasteiger partial charge on any atom is 0.254 e. The molecular formula is C14H18N2O2. The molecule has 0 aliphatic carbocycles. The van der Waals surface area contributed by atoms with Crippen LogP contribution in [0.4, 0.5) is 0 Å². The molecular weight excluding hydrogens is 228 g/mol. The van der Waals surface area contributed by atoms with Crippen LogP contribution >= 0.6 is 0 Å². The summed E-state index contributed by atoms with van der Waals surface area (Å²) in [7, 11) is 0. The largest absolute Gasteiger partial charge is 0.508 e. The summed E-state index contributed by atoms with van der Waals surface area (Å²) in [4.78, 5) is 14.0. The first-order valence-corrected chi connectivity index (χ1v) is 5.95. The Balaban J connectivity index is 3.03. The number of phenolic OH excluding ortho intramolecular Hbond substituents is 1. The maximum atomic E-state index is 12.4. The standard InChI is InChI=1S/C14H18N2O2/c1-10(2)16(9-5-8-15)14(18)12-6-4-7-13(17)11(12)3/h4,6-7,10,17H,5,9H2,1-3H3. The summed E-state index contributed by atoms with van der Waals surface area (Å²) < 4.78 is 0. The normalized spacial score (nSPS) is 10.2. The van der Waals surface area contributed by atoms with Crippen molar-refractivity contribution in [2.24, 2.45) is 0 Å². The average Bonchev–Trinajstić information content (AvgIpc) is 2.32. The van der Waals surface area contributed by atoms with Gasteiger partial charge in [0.05, 0.1) is 12.5 Å². The Hall–Kier alpha value is -2.02. The van der Waals surface area contributed by atoms with Gasteiger partial charge in [0.15, 0.2) is 0 Å². The number of amides is 1. The molecule has 0 saturated heterocycles. The number of hydrogen-bond acceptors (Lipinski definition) is 3. The van der Waals surface area contributed by atoms with Crippen LogP contribution < -0.4 is 0 Å². The summed E-state index contributed by atoms with van der Waals surface area (Å²) in [5, 5.41) is 18.2. The Morgan fingerprint density at radius 1 is 1.50 bits per heavy atom. The van der Waals surface area contributed by atoms with Crippen molar-refractivity contribution in [2.75, 3.05) is 6.54 Å². The molecule has 0 heterocycles. The molecule has 1 rings (SSSR count). The van der Waals surface area contributed by atoms with E-state index in [1.54, 1.807) is 30.0 Å². The lowest BCUT2D eigenvalue weighted by Crippen LogP contribution is -2.38. The van der Waals surface area contributed by atoms with Crippen LogP contribution in [0.15, 0.2) is 18.2 Å². The molecule has 1 N–H and O–H groups in total. The van der Waals surface area contributed by atoms with Gasteiger partial charge in [-0.3, -0.25) is 4.79 Å². The van der Waals surface area contributed by atoms with Gasteiger partial charge < -0.3 is 10.0 Å². The van der Waals surface area contributed by atoms with Gasteiger partial charge in [-0.2, -0.15) is 5.26 Å². The molecule has 0 aliphatic heterocycles. The van der Waals surface area contributed by atoms with Crippen LogP contribution in [-0.2, 0) is 0 Å². The highest BCUT2D eigenvalue weighted by molar-refractivity contribution is 5.96. The second kappa shape index (κ2) is 6.06. The zero-order valence-corrected chi connectivity index (χ0v) is 11.0. The lowest BCUT2D eigenvalue weighted by Gasteiger charge is -2.26. The van der Waals surface area contributed by atoms with E-state index in [0.717, 1.165) is 0 Å². The number of nitriles is 1. The minimum Gasteiger partial charge on any atom is -0.508 e. The fourth-order valence-corrected chi connectivity index (χ4v) is 1.77. The van der Waals surface area contributed by atoms with Crippen molar-refractivity contribution in [3.63, 3.8) is 0 Å². The maximum absolute atomic E-state index is 12.4. The van der Waals surface area contributed by atoms with Crippen LogP contribution in [0.25, 0.3) is 0 Å². The molecule has 0 saturated carbocycles. The van der Waals surface area contributed by atoms with E-state index in [9.17, 15) is 9.90 Å². The molecule has 18 heavy (non-hydrogen) atoms. The molecule has 0 bridgehead atoms. The van der Waals surface area contributed by atoms with Gasteiger partial charge in [-0.15, -0.1) is 0 Å². The minimum atomic E-state index is -0.145. The SMILES string of the molecule is Cc1c(O)cccc1C(=O)N(CCC#N)C(C)C. The van der Waals surface area contributed by atoms with E-state index in [4.69, 9.17) is 5.26 Å². The number of nitrogens with zero attached hydrogens (tertiary/aromatic N) is 2. The van der Waals surface area contributed by atoms with Gasteiger partial charge in [-0.1, -0.05) is 6.07 Å². The third-order valence-electron chi connectivity index (χ3n) is 2.88. The monoisotopic (exact) mass is 246 g/mol. The van der Waals surface area contributed by atoms with Gasteiger partial charge in [-0.25, -0.2) is 0 Å². The molecule has 0 atom stereocenters. The summed E-state index contributed by atoms with van der Waals surface area (Å²) >= 11 is 0. The lowest BCUT2D eigenvalue weighted by molar-refractivity contribution is 0.0709. The molecule has 0 aliphatic rings. The Labute approximate surface area is 107 Å². The number of carbonyl (C=O) groups is 1. The minimum absolute atomic E-state index is 0.0209. The van der Waals surface area contributed by atoms with Crippen LogP contribution in [0.2, 0.25) is 0 Å². The van der Waals surface area contributed by atoms with Gasteiger partial charge in [0.1, 0.15) is 5.75 Å². The van der Waals surface area contributed by atoms with Gasteiger partial charge in [0.25, 0.3) is 5.91 Å². The molecule has 0 unspecified atom stereocenters. The summed E-state index contributed by atoms with van der Waals surface area (Å²) in [6, 6.07) is 6.96. The Morgan fingerprint density at radius 3 is 2.72 bits per heavy atom. The first kappa shape index (κ1) is 14.0. The third-order valence-corrected chi connectivity index (χ3v) is 2.88. The molecule has 0 radical (unpaired) electrons. The molecule has 1 aromatic carbocycles. The van der Waals surface area contributed by atoms with Crippen molar-refractivity contribution in [1.82, 2.24) is 4.90 Å². The highest BCUT2D eigenvalue weighted by Crippen LogP contribution is 2.21. The molecule has 1 amide bonds. The molecule has 0 aromatic heterocycles. The Morgan fingerprint density at radius 2 is 2.17 bits per heavy atom. The lowest BCUT2D eigenvalue weighted by atomic mass is 10.1. The predicted molar refractivity (Wildman–Crippen MR) is 69.2 cm³/mol. The number of benzene rings is 1. The smallest absolute Gasteiger partial charge is 0.254 e. The quantitative estimate of drug-likeness (QED) is 0.887. The van der Waals surface area contributed by atoms with Crippen molar-refractivity contribution >= 4 is 5.91 Å². The van der Waals surface area contributed by atoms with Crippen LogP contribution in [0.5, 0.6) is 5.75 Å². The molecule has 0 spiro atoms. The number of phenols is 1. The van der Waals surface area contributed by atoms with Crippen LogP contribution in [0, 0.1) is 18.3 Å². The van der Waals surface area contributed by atoms with Crippen molar-refractivity contribution < 1.29 is 9.90 Å². The Kier molecular flexibility index (Phi) is 4.73. The molecule has 4 nitrogen and oxygen atoms in total.